The van der Waals surface area contributed by atoms with Crippen LogP contribution < -0.4 is 14.8 Å². The highest BCUT2D eigenvalue weighted by Crippen LogP contribution is 2.31. The lowest BCUT2D eigenvalue weighted by atomic mass is 10.2. The minimum atomic E-state index is -0.905. The Morgan fingerprint density at radius 1 is 1.25 bits per heavy atom. The highest BCUT2D eigenvalue weighted by molar-refractivity contribution is 5.94. The molecule has 1 amide bonds. The molecule has 0 fully saturated rings. The van der Waals surface area contributed by atoms with Gasteiger partial charge in [-0.15, -0.1) is 0 Å². The summed E-state index contributed by atoms with van der Waals surface area (Å²) >= 11 is 0. The first-order chi connectivity index (χ1) is 11.4. The zero-order valence-electron chi connectivity index (χ0n) is 13.6. The molecule has 0 radical (unpaired) electrons. The maximum Gasteiger partial charge on any atom is 0.314 e. The van der Waals surface area contributed by atoms with Crippen molar-refractivity contribution >= 4 is 17.3 Å². The fourth-order valence-electron chi connectivity index (χ4n) is 2.08. The number of nitrogens with zero attached hydrogens (tertiary/aromatic N) is 1. The average Bonchev–Trinajstić information content (AvgIpc) is 2.54. The number of rotatable bonds is 6. The smallest absolute Gasteiger partial charge is 0.314 e. The molecule has 0 heterocycles. The summed E-state index contributed by atoms with van der Waals surface area (Å²) in [6.07, 6.45) is -0.905. The van der Waals surface area contributed by atoms with Gasteiger partial charge in [-0.25, -0.2) is 0 Å². The Labute approximate surface area is 139 Å². The van der Waals surface area contributed by atoms with Crippen LogP contribution in [0.1, 0.15) is 12.5 Å². The molecule has 2 aromatic carbocycles. The van der Waals surface area contributed by atoms with Gasteiger partial charge in [-0.05, 0) is 43.7 Å². The van der Waals surface area contributed by atoms with Gasteiger partial charge in [-0.1, -0.05) is 12.1 Å². The topological polar surface area (TPSA) is 90.7 Å². The van der Waals surface area contributed by atoms with Crippen LogP contribution in [0.15, 0.2) is 42.5 Å². The lowest BCUT2D eigenvalue weighted by molar-refractivity contribution is -0.386. The average molecular weight is 330 g/mol. The fraction of sp³-hybridized carbons (Fsp3) is 0.235. The fourth-order valence-corrected chi connectivity index (χ4v) is 2.08. The first-order valence-electron chi connectivity index (χ1n) is 7.27. The Kier molecular flexibility index (Phi) is 5.36. The molecule has 0 saturated carbocycles. The highest BCUT2D eigenvalue weighted by atomic mass is 16.6. The van der Waals surface area contributed by atoms with Crippen LogP contribution in [-0.2, 0) is 4.79 Å². The molecule has 1 atom stereocenters. The van der Waals surface area contributed by atoms with Crippen molar-refractivity contribution in [1.82, 2.24) is 0 Å². The molecule has 0 aliphatic rings. The van der Waals surface area contributed by atoms with Crippen LogP contribution in [0.2, 0.25) is 0 Å². The number of carbonyl (C=O) groups is 1. The van der Waals surface area contributed by atoms with E-state index < -0.39 is 16.9 Å². The molecular weight excluding hydrogens is 312 g/mol. The van der Waals surface area contributed by atoms with Gasteiger partial charge >= 0.3 is 5.69 Å². The van der Waals surface area contributed by atoms with E-state index in [2.05, 4.69) is 5.32 Å². The van der Waals surface area contributed by atoms with E-state index in [1.165, 1.54) is 32.2 Å². The number of hydrogen-bond acceptors (Lipinski definition) is 5. The number of methoxy groups -OCH3 is 1. The predicted molar refractivity (Wildman–Crippen MR) is 89.5 cm³/mol. The van der Waals surface area contributed by atoms with Gasteiger partial charge in [0.1, 0.15) is 5.75 Å². The van der Waals surface area contributed by atoms with Gasteiger partial charge in [0.2, 0.25) is 0 Å². The molecule has 0 aliphatic carbocycles. The minimum absolute atomic E-state index is 0.00712. The normalized spacial score (nSPS) is 11.5. The van der Waals surface area contributed by atoms with Crippen LogP contribution in [0.25, 0.3) is 0 Å². The van der Waals surface area contributed by atoms with E-state index in [1.54, 1.807) is 6.07 Å². The summed E-state index contributed by atoms with van der Waals surface area (Å²) in [7, 11) is 1.41. The molecule has 7 heteroatoms. The largest absolute Gasteiger partial charge is 0.496 e. The third kappa shape index (κ3) is 4.22. The van der Waals surface area contributed by atoms with Crippen LogP contribution in [0.3, 0.4) is 0 Å². The van der Waals surface area contributed by atoms with E-state index in [0.717, 1.165) is 5.56 Å². The van der Waals surface area contributed by atoms with Crippen LogP contribution >= 0.6 is 0 Å². The first-order valence-corrected chi connectivity index (χ1v) is 7.27. The van der Waals surface area contributed by atoms with Crippen LogP contribution in [0, 0.1) is 17.0 Å². The number of aryl methyl sites for hydroxylation is 1. The maximum atomic E-state index is 12.2. The SMILES string of the molecule is COc1ccc(O[C@@H](C)C(=O)Nc2cccc(C)c2)c([N+](=O)[O-])c1. The van der Waals surface area contributed by atoms with E-state index >= 15 is 0 Å². The summed E-state index contributed by atoms with van der Waals surface area (Å²) in [5.74, 6) is -0.0516. The van der Waals surface area contributed by atoms with E-state index in [0.29, 0.717) is 11.4 Å². The van der Waals surface area contributed by atoms with E-state index in [9.17, 15) is 14.9 Å². The number of carbonyl (C=O) groups excluding carboxylic acids is 1. The van der Waals surface area contributed by atoms with Crippen molar-refractivity contribution < 1.29 is 19.2 Å². The molecule has 126 valence electrons. The van der Waals surface area contributed by atoms with Crippen molar-refractivity contribution in [2.24, 2.45) is 0 Å². The second kappa shape index (κ2) is 7.45. The van der Waals surface area contributed by atoms with E-state index in [1.807, 2.05) is 25.1 Å². The molecule has 0 unspecified atom stereocenters. The second-order valence-corrected chi connectivity index (χ2v) is 5.21. The minimum Gasteiger partial charge on any atom is -0.496 e. The van der Waals surface area contributed by atoms with Gasteiger partial charge in [0.15, 0.2) is 11.9 Å². The van der Waals surface area contributed by atoms with E-state index in [-0.39, 0.29) is 11.4 Å². The van der Waals surface area contributed by atoms with Crippen molar-refractivity contribution in [2.45, 2.75) is 20.0 Å². The number of anilines is 1. The molecule has 24 heavy (non-hydrogen) atoms. The Hall–Kier alpha value is -3.09. The van der Waals surface area contributed by atoms with Gasteiger partial charge in [0, 0.05) is 5.69 Å². The summed E-state index contributed by atoms with van der Waals surface area (Å²) < 4.78 is 10.4. The Morgan fingerprint density at radius 3 is 2.62 bits per heavy atom. The van der Waals surface area contributed by atoms with Gasteiger partial charge < -0.3 is 14.8 Å². The summed E-state index contributed by atoms with van der Waals surface area (Å²) in [5, 5.41) is 13.9. The first kappa shape index (κ1) is 17.3. The zero-order valence-corrected chi connectivity index (χ0v) is 13.6. The van der Waals surface area contributed by atoms with Crippen LogP contribution in [0.4, 0.5) is 11.4 Å². The van der Waals surface area contributed by atoms with E-state index in [4.69, 9.17) is 9.47 Å². The molecule has 0 spiro atoms. The van der Waals surface area contributed by atoms with Crippen molar-refractivity contribution in [3.63, 3.8) is 0 Å². The lowest BCUT2D eigenvalue weighted by Gasteiger charge is -2.15. The molecular formula is C17H18N2O5. The number of nitro groups is 1. The van der Waals surface area contributed by atoms with Crippen LogP contribution in [0.5, 0.6) is 11.5 Å². The summed E-state index contributed by atoms with van der Waals surface area (Å²) in [6.45, 7) is 3.44. The van der Waals surface area contributed by atoms with Gasteiger partial charge in [0.25, 0.3) is 5.91 Å². The van der Waals surface area contributed by atoms with Gasteiger partial charge in [-0.3, -0.25) is 14.9 Å². The molecule has 0 saturated heterocycles. The monoisotopic (exact) mass is 330 g/mol. The number of amides is 1. The van der Waals surface area contributed by atoms with Crippen molar-refractivity contribution in [3.05, 3.63) is 58.1 Å². The Bertz CT molecular complexity index is 760. The predicted octanol–water partition coefficient (Wildman–Crippen LogP) is 3.32. The van der Waals surface area contributed by atoms with Crippen molar-refractivity contribution in [2.75, 3.05) is 12.4 Å². The molecule has 0 aromatic heterocycles. The number of benzene rings is 2. The van der Waals surface area contributed by atoms with Gasteiger partial charge in [0.05, 0.1) is 18.1 Å². The maximum absolute atomic E-state index is 12.2. The molecule has 2 aromatic rings. The number of ether oxygens (including phenoxy) is 2. The number of nitro benzene ring substituents is 1. The molecule has 7 nitrogen and oxygen atoms in total. The lowest BCUT2D eigenvalue weighted by Crippen LogP contribution is -2.30. The zero-order chi connectivity index (χ0) is 17.7. The molecule has 0 aliphatic heterocycles. The summed E-state index contributed by atoms with van der Waals surface area (Å²) in [6, 6.07) is 11.5. The molecule has 1 N–H and O–H groups in total. The van der Waals surface area contributed by atoms with Gasteiger partial charge in [-0.2, -0.15) is 0 Å². The Morgan fingerprint density at radius 2 is 2.00 bits per heavy atom. The third-order valence-corrected chi connectivity index (χ3v) is 3.32. The second-order valence-electron chi connectivity index (χ2n) is 5.21. The molecule has 2 rings (SSSR count). The standard InChI is InChI=1S/C17H18N2O5/c1-11-5-4-6-13(9-11)18-17(20)12(2)24-16-8-7-14(23-3)10-15(16)19(21)22/h4-10,12H,1-3H3,(H,18,20)/t12-/m0/s1. The van der Waals surface area contributed by atoms with Crippen molar-refractivity contribution in [3.8, 4) is 11.5 Å². The number of nitrogens with one attached hydrogen (secondary N) is 1. The summed E-state index contributed by atoms with van der Waals surface area (Å²) in [5.41, 5.74) is 1.39. The van der Waals surface area contributed by atoms with Crippen LogP contribution in [-0.4, -0.2) is 24.0 Å². The van der Waals surface area contributed by atoms with Crippen molar-refractivity contribution in [1.29, 1.82) is 0 Å². The quantitative estimate of drug-likeness (QED) is 0.648. The molecule has 0 bridgehead atoms. The Balaban J connectivity index is 2.12. The third-order valence-electron chi connectivity index (χ3n) is 3.32. The summed E-state index contributed by atoms with van der Waals surface area (Å²) in [4.78, 5) is 22.8. The number of hydrogen-bond donors (Lipinski definition) is 1. The highest BCUT2D eigenvalue weighted by Gasteiger charge is 2.22.